The molecular weight excluding hydrogens is 218 g/mol. The van der Waals surface area contributed by atoms with E-state index in [1.165, 1.54) is 0 Å². The summed E-state index contributed by atoms with van der Waals surface area (Å²) in [7, 11) is 0. The fourth-order valence-electron chi connectivity index (χ4n) is 1.42. The zero-order valence-corrected chi connectivity index (χ0v) is 10.1. The lowest BCUT2D eigenvalue weighted by molar-refractivity contribution is -0.131. The number of aliphatic carboxylic acids is 1. The first kappa shape index (κ1) is 13.0. The van der Waals surface area contributed by atoms with Gasteiger partial charge in [-0.15, -0.1) is 0 Å². The molecule has 0 aliphatic carbocycles. The second-order valence-electron chi connectivity index (χ2n) is 3.91. The number of carboxylic acid groups (broad SMARTS) is 1. The second kappa shape index (κ2) is 5.30. The number of carboxylic acids is 1. The summed E-state index contributed by atoms with van der Waals surface area (Å²) in [5.74, 6) is -1.59. The summed E-state index contributed by atoms with van der Waals surface area (Å²) >= 11 is 0. The minimum absolute atomic E-state index is 0.446. The third-order valence-corrected chi connectivity index (χ3v) is 2.48. The molecule has 0 aliphatic rings. The number of anilines is 1. The van der Waals surface area contributed by atoms with Crippen molar-refractivity contribution >= 4 is 17.6 Å². The topological polar surface area (TPSA) is 66.4 Å². The van der Waals surface area contributed by atoms with Gasteiger partial charge in [-0.3, -0.25) is 4.79 Å². The molecule has 1 amide bonds. The maximum atomic E-state index is 11.4. The van der Waals surface area contributed by atoms with E-state index in [0.29, 0.717) is 5.69 Å². The van der Waals surface area contributed by atoms with Crippen LogP contribution in [0, 0.1) is 20.8 Å². The van der Waals surface area contributed by atoms with Gasteiger partial charge in [0.15, 0.2) is 0 Å². The molecule has 4 nitrogen and oxygen atoms in total. The monoisotopic (exact) mass is 233 g/mol. The molecule has 0 spiro atoms. The molecule has 90 valence electrons. The molecule has 0 heterocycles. The van der Waals surface area contributed by atoms with E-state index < -0.39 is 11.9 Å². The smallest absolute Gasteiger partial charge is 0.328 e. The van der Waals surface area contributed by atoms with Gasteiger partial charge in [0, 0.05) is 17.8 Å². The number of amides is 1. The third-order valence-electron chi connectivity index (χ3n) is 2.48. The number of benzene rings is 1. The van der Waals surface area contributed by atoms with E-state index in [1.807, 2.05) is 32.9 Å². The summed E-state index contributed by atoms with van der Waals surface area (Å²) in [6, 6.07) is 3.85. The van der Waals surface area contributed by atoms with E-state index in [0.717, 1.165) is 28.8 Å². The molecule has 0 aliphatic heterocycles. The minimum atomic E-state index is -1.14. The van der Waals surface area contributed by atoms with Crippen molar-refractivity contribution in [2.75, 3.05) is 5.32 Å². The summed E-state index contributed by atoms with van der Waals surface area (Å²) in [5.41, 5.74) is 3.88. The zero-order valence-electron chi connectivity index (χ0n) is 10.1. The van der Waals surface area contributed by atoms with Gasteiger partial charge in [-0.2, -0.15) is 0 Å². The van der Waals surface area contributed by atoms with Crippen molar-refractivity contribution in [2.24, 2.45) is 0 Å². The van der Waals surface area contributed by atoms with E-state index in [1.54, 1.807) is 0 Å². The van der Waals surface area contributed by atoms with Gasteiger partial charge in [0.25, 0.3) is 0 Å². The molecule has 2 N–H and O–H groups in total. The SMILES string of the molecule is Cc1cc(C)c(NC(=O)/C=C/C(=O)O)cc1C. The summed E-state index contributed by atoms with van der Waals surface area (Å²) < 4.78 is 0. The standard InChI is InChI=1S/C13H15NO3/c1-8-6-10(3)11(7-9(8)2)14-12(15)4-5-13(16)17/h4-7H,1-3H3,(H,14,15)(H,16,17)/b5-4+. The normalized spacial score (nSPS) is 10.5. The van der Waals surface area contributed by atoms with Crippen LogP contribution >= 0.6 is 0 Å². The number of aryl methyl sites for hydroxylation is 3. The Balaban J connectivity index is 2.85. The highest BCUT2D eigenvalue weighted by Gasteiger charge is 2.04. The molecule has 1 aromatic rings. The largest absolute Gasteiger partial charge is 0.478 e. The highest BCUT2D eigenvalue weighted by Crippen LogP contribution is 2.19. The van der Waals surface area contributed by atoms with Crippen molar-refractivity contribution in [2.45, 2.75) is 20.8 Å². The fourth-order valence-corrected chi connectivity index (χ4v) is 1.42. The third kappa shape index (κ3) is 3.75. The Morgan fingerprint density at radius 2 is 1.65 bits per heavy atom. The highest BCUT2D eigenvalue weighted by atomic mass is 16.4. The first-order chi connectivity index (χ1) is 7.90. The van der Waals surface area contributed by atoms with Gasteiger partial charge in [0.05, 0.1) is 0 Å². The minimum Gasteiger partial charge on any atom is -0.478 e. The quantitative estimate of drug-likeness (QED) is 0.786. The Kier molecular flexibility index (Phi) is 4.04. The van der Waals surface area contributed by atoms with Gasteiger partial charge in [0.1, 0.15) is 0 Å². The molecule has 0 saturated heterocycles. The van der Waals surface area contributed by atoms with Crippen LogP contribution in [-0.4, -0.2) is 17.0 Å². The highest BCUT2D eigenvalue weighted by molar-refractivity contribution is 6.02. The molecule has 0 aromatic heterocycles. The predicted molar refractivity (Wildman–Crippen MR) is 66.1 cm³/mol. The lowest BCUT2D eigenvalue weighted by Gasteiger charge is -2.09. The van der Waals surface area contributed by atoms with Crippen LogP contribution in [0.4, 0.5) is 5.69 Å². The molecule has 0 unspecified atom stereocenters. The number of nitrogens with one attached hydrogen (secondary N) is 1. The number of hydrogen-bond donors (Lipinski definition) is 2. The number of hydrogen-bond acceptors (Lipinski definition) is 2. The van der Waals surface area contributed by atoms with Crippen LogP contribution in [0.5, 0.6) is 0 Å². The van der Waals surface area contributed by atoms with Gasteiger partial charge in [-0.1, -0.05) is 6.07 Å². The van der Waals surface area contributed by atoms with Crippen LogP contribution in [-0.2, 0) is 9.59 Å². The molecule has 0 atom stereocenters. The van der Waals surface area contributed by atoms with Crippen molar-refractivity contribution in [1.82, 2.24) is 0 Å². The predicted octanol–water partition coefficient (Wildman–Crippen LogP) is 2.19. The zero-order chi connectivity index (χ0) is 13.0. The summed E-state index contributed by atoms with van der Waals surface area (Å²) in [6.07, 6.45) is 1.81. The molecule has 0 bridgehead atoms. The molecule has 0 fully saturated rings. The molecule has 0 saturated carbocycles. The summed E-state index contributed by atoms with van der Waals surface area (Å²) in [5, 5.41) is 11.0. The molecule has 17 heavy (non-hydrogen) atoms. The maximum Gasteiger partial charge on any atom is 0.328 e. The average Bonchev–Trinajstić information content (AvgIpc) is 2.23. The maximum absolute atomic E-state index is 11.4. The Hall–Kier alpha value is -2.10. The fraction of sp³-hybridized carbons (Fsp3) is 0.231. The van der Waals surface area contributed by atoms with Crippen LogP contribution in [0.1, 0.15) is 16.7 Å². The lowest BCUT2D eigenvalue weighted by atomic mass is 10.0. The van der Waals surface area contributed by atoms with E-state index in [2.05, 4.69) is 5.32 Å². The second-order valence-corrected chi connectivity index (χ2v) is 3.91. The van der Waals surface area contributed by atoms with Crippen LogP contribution in [0.25, 0.3) is 0 Å². The van der Waals surface area contributed by atoms with Gasteiger partial charge < -0.3 is 10.4 Å². The number of carbonyl (C=O) groups is 2. The molecule has 0 radical (unpaired) electrons. The Labute approximate surface area is 100.0 Å². The lowest BCUT2D eigenvalue weighted by Crippen LogP contribution is -2.10. The number of carbonyl (C=O) groups excluding carboxylic acids is 1. The van der Waals surface area contributed by atoms with Crippen LogP contribution < -0.4 is 5.32 Å². The Morgan fingerprint density at radius 1 is 1.06 bits per heavy atom. The van der Waals surface area contributed by atoms with Gasteiger partial charge in [-0.25, -0.2) is 4.79 Å². The molecular formula is C13H15NO3. The molecule has 1 aromatic carbocycles. The first-order valence-electron chi connectivity index (χ1n) is 5.20. The van der Waals surface area contributed by atoms with E-state index >= 15 is 0 Å². The van der Waals surface area contributed by atoms with Crippen LogP contribution in [0.15, 0.2) is 24.3 Å². The van der Waals surface area contributed by atoms with Gasteiger partial charge in [0.2, 0.25) is 5.91 Å². The van der Waals surface area contributed by atoms with Crippen molar-refractivity contribution in [3.05, 3.63) is 41.0 Å². The van der Waals surface area contributed by atoms with Crippen molar-refractivity contribution in [3.8, 4) is 0 Å². The molecule has 4 heteroatoms. The van der Waals surface area contributed by atoms with Crippen molar-refractivity contribution < 1.29 is 14.7 Å². The van der Waals surface area contributed by atoms with Crippen LogP contribution in [0.2, 0.25) is 0 Å². The molecule has 1 rings (SSSR count). The first-order valence-corrected chi connectivity index (χ1v) is 5.20. The Bertz CT molecular complexity index is 490. The van der Waals surface area contributed by atoms with Crippen molar-refractivity contribution in [1.29, 1.82) is 0 Å². The Morgan fingerprint density at radius 3 is 2.24 bits per heavy atom. The number of rotatable bonds is 3. The van der Waals surface area contributed by atoms with Crippen molar-refractivity contribution in [3.63, 3.8) is 0 Å². The van der Waals surface area contributed by atoms with E-state index in [9.17, 15) is 9.59 Å². The van der Waals surface area contributed by atoms with Gasteiger partial charge >= 0.3 is 5.97 Å². The van der Waals surface area contributed by atoms with E-state index in [4.69, 9.17) is 5.11 Å². The average molecular weight is 233 g/mol. The van der Waals surface area contributed by atoms with Gasteiger partial charge in [-0.05, 0) is 43.5 Å². The summed E-state index contributed by atoms with van der Waals surface area (Å²) in [4.78, 5) is 21.7. The van der Waals surface area contributed by atoms with Crippen LogP contribution in [0.3, 0.4) is 0 Å². The summed E-state index contributed by atoms with van der Waals surface area (Å²) in [6.45, 7) is 5.85. The van der Waals surface area contributed by atoms with E-state index in [-0.39, 0.29) is 0 Å².